The van der Waals surface area contributed by atoms with E-state index in [4.69, 9.17) is 15.6 Å². The van der Waals surface area contributed by atoms with Crippen LogP contribution in [-0.2, 0) is 0 Å². The van der Waals surface area contributed by atoms with Crippen LogP contribution < -0.4 is 10.5 Å². The molecule has 0 radical (unpaired) electrons. The van der Waals surface area contributed by atoms with Crippen molar-refractivity contribution in [2.75, 3.05) is 6.54 Å². The molecular formula is C10H15NO2. The zero-order valence-electron chi connectivity index (χ0n) is 7.73. The Morgan fingerprint density at radius 3 is 2.54 bits per heavy atom. The van der Waals surface area contributed by atoms with Gasteiger partial charge in [-0.25, -0.2) is 0 Å². The van der Waals surface area contributed by atoms with Crippen molar-refractivity contribution in [1.82, 2.24) is 0 Å². The first kappa shape index (κ1) is 9.86. The van der Waals surface area contributed by atoms with Gasteiger partial charge >= 0.3 is 0 Å². The van der Waals surface area contributed by atoms with Gasteiger partial charge in [-0.05, 0) is 44.2 Å². The molecule has 0 saturated heterocycles. The number of hydrogen-bond donors (Lipinski definition) is 2. The lowest BCUT2D eigenvalue weighted by molar-refractivity contribution is 0.213. The molecule has 3 heteroatoms. The molecule has 13 heavy (non-hydrogen) atoms. The Hall–Kier alpha value is -1.22. The van der Waals surface area contributed by atoms with Gasteiger partial charge in [0.2, 0.25) is 0 Å². The first-order valence-electron chi connectivity index (χ1n) is 4.38. The van der Waals surface area contributed by atoms with E-state index in [9.17, 15) is 0 Å². The Kier molecular flexibility index (Phi) is 3.58. The van der Waals surface area contributed by atoms with Gasteiger partial charge in [0.15, 0.2) is 0 Å². The van der Waals surface area contributed by atoms with Gasteiger partial charge in [-0.1, -0.05) is 0 Å². The maximum Gasteiger partial charge on any atom is 0.119 e. The zero-order chi connectivity index (χ0) is 9.68. The predicted octanol–water partition coefficient (Wildman–Crippen LogP) is 1.51. The summed E-state index contributed by atoms with van der Waals surface area (Å²) < 4.78 is 5.52. The van der Waals surface area contributed by atoms with Crippen molar-refractivity contribution in [1.29, 1.82) is 0 Å². The second-order valence-corrected chi connectivity index (χ2v) is 3.00. The van der Waals surface area contributed by atoms with Gasteiger partial charge < -0.3 is 15.6 Å². The quantitative estimate of drug-likeness (QED) is 0.740. The number of phenols is 1. The highest BCUT2D eigenvalue weighted by Gasteiger charge is 2.01. The molecule has 1 rings (SSSR count). The van der Waals surface area contributed by atoms with Crippen LogP contribution in [0.5, 0.6) is 11.5 Å². The van der Waals surface area contributed by atoms with Crippen LogP contribution in [0.15, 0.2) is 24.3 Å². The lowest BCUT2D eigenvalue weighted by Crippen LogP contribution is -2.16. The fraction of sp³-hybridized carbons (Fsp3) is 0.400. The summed E-state index contributed by atoms with van der Waals surface area (Å²) in [7, 11) is 0. The summed E-state index contributed by atoms with van der Waals surface area (Å²) >= 11 is 0. The van der Waals surface area contributed by atoms with Gasteiger partial charge in [0.25, 0.3) is 0 Å². The smallest absolute Gasteiger partial charge is 0.119 e. The Bertz CT molecular complexity index is 246. The Morgan fingerprint density at radius 1 is 1.38 bits per heavy atom. The highest BCUT2D eigenvalue weighted by molar-refractivity contribution is 5.30. The molecule has 0 heterocycles. The summed E-state index contributed by atoms with van der Waals surface area (Å²) in [6.07, 6.45) is 0.954. The van der Waals surface area contributed by atoms with E-state index in [1.54, 1.807) is 24.3 Å². The van der Waals surface area contributed by atoms with Crippen LogP contribution in [-0.4, -0.2) is 17.8 Å². The predicted molar refractivity (Wildman–Crippen MR) is 51.9 cm³/mol. The normalized spacial score (nSPS) is 12.5. The average Bonchev–Trinajstić information content (AvgIpc) is 2.09. The van der Waals surface area contributed by atoms with E-state index in [1.807, 2.05) is 6.92 Å². The molecule has 0 aliphatic rings. The van der Waals surface area contributed by atoms with Crippen molar-refractivity contribution in [3.05, 3.63) is 24.3 Å². The van der Waals surface area contributed by atoms with Crippen molar-refractivity contribution in [2.45, 2.75) is 19.4 Å². The molecule has 0 aliphatic heterocycles. The molecule has 72 valence electrons. The summed E-state index contributed by atoms with van der Waals surface area (Å²) in [6.45, 7) is 2.60. The third-order valence-electron chi connectivity index (χ3n) is 1.75. The second kappa shape index (κ2) is 4.72. The number of nitrogens with two attached hydrogens (primary N) is 1. The second-order valence-electron chi connectivity index (χ2n) is 3.00. The van der Waals surface area contributed by atoms with Crippen LogP contribution >= 0.6 is 0 Å². The SMILES string of the molecule is CC(CCN)Oc1ccc(O)cc1. The fourth-order valence-electron chi connectivity index (χ4n) is 1.05. The van der Waals surface area contributed by atoms with Gasteiger partial charge in [0, 0.05) is 0 Å². The Morgan fingerprint density at radius 2 is 2.00 bits per heavy atom. The summed E-state index contributed by atoms with van der Waals surface area (Å²) in [5.74, 6) is 1.01. The van der Waals surface area contributed by atoms with E-state index in [1.165, 1.54) is 0 Å². The van der Waals surface area contributed by atoms with Gasteiger partial charge in [0.1, 0.15) is 11.5 Å². The molecule has 0 fully saturated rings. The molecule has 0 amide bonds. The van der Waals surface area contributed by atoms with Crippen LogP contribution in [0.25, 0.3) is 0 Å². The van der Waals surface area contributed by atoms with E-state index >= 15 is 0 Å². The summed E-state index contributed by atoms with van der Waals surface area (Å²) in [5.41, 5.74) is 5.39. The Labute approximate surface area is 78.1 Å². The van der Waals surface area contributed by atoms with Crippen LogP contribution in [0.2, 0.25) is 0 Å². The van der Waals surface area contributed by atoms with E-state index in [0.29, 0.717) is 6.54 Å². The number of aromatic hydroxyl groups is 1. The lowest BCUT2D eigenvalue weighted by atomic mass is 10.3. The molecule has 1 aromatic rings. The summed E-state index contributed by atoms with van der Waals surface area (Å²) in [6, 6.07) is 6.68. The lowest BCUT2D eigenvalue weighted by Gasteiger charge is -2.13. The summed E-state index contributed by atoms with van der Waals surface area (Å²) in [5, 5.41) is 9.02. The largest absolute Gasteiger partial charge is 0.508 e. The van der Waals surface area contributed by atoms with Crippen molar-refractivity contribution in [3.8, 4) is 11.5 Å². The highest BCUT2D eigenvalue weighted by atomic mass is 16.5. The number of benzene rings is 1. The first-order chi connectivity index (χ1) is 6.22. The van der Waals surface area contributed by atoms with E-state index in [0.717, 1.165) is 12.2 Å². The van der Waals surface area contributed by atoms with E-state index in [-0.39, 0.29) is 11.9 Å². The molecule has 3 N–H and O–H groups in total. The van der Waals surface area contributed by atoms with Gasteiger partial charge in [-0.2, -0.15) is 0 Å². The van der Waals surface area contributed by atoms with E-state index in [2.05, 4.69) is 0 Å². The van der Waals surface area contributed by atoms with Crippen LogP contribution in [0.3, 0.4) is 0 Å². The number of rotatable bonds is 4. The first-order valence-corrected chi connectivity index (χ1v) is 4.38. The fourth-order valence-corrected chi connectivity index (χ4v) is 1.05. The molecule has 0 bridgehead atoms. The molecule has 1 unspecified atom stereocenters. The number of phenolic OH excluding ortho intramolecular Hbond substituents is 1. The van der Waals surface area contributed by atoms with Gasteiger partial charge in [0.05, 0.1) is 6.10 Å². The average molecular weight is 181 g/mol. The molecule has 0 aromatic heterocycles. The van der Waals surface area contributed by atoms with Crippen LogP contribution in [0, 0.1) is 0 Å². The van der Waals surface area contributed by atoms with Crippen LogP contribution in [0.4, 0.5) is 0 Å². The Balaban J connectivity index is 2.49. The van der Waals surface area contributed by atoms with E-state index < -0.39 is 0 Å². The monoisotopic (exact) mass is 181 g/mol. The number of hydrogen-bond acceptors (Lipinski definition) is 3. The highest BCUT2D eigenvalue weighted by Crippen LogP contribution is 2.17. The van der Waals surface area contributed by atoms with Crippen molar-refractivity contribution in [2.24, 2.45) is 5.73 Å². The van der Waals surface area contributed by atoms with Crippen LogP contribution in [0.1, 0.15) is 13.3 Å². The van der Waals surface area contributed by atoms with Gasteiger partial charge in [-0.3, -0.25) is 0 Å². The molecule has 0 aliphatic carbocycles. The van der Waals surface area contributed by atoms with Crippen molar-refractivity contribution in [3.63, 3.8) is 0 Å². The minimum atomic E-state index is 0.120. The maximum absolute atomic E-state index is 9.02. The van der Waals surface area contributed by atoms with Gasteiger partial charge in [-0.15, -0.1) is 0 Å². The molecule has 0 spiro atoms. The number of ether oxygens (including phenoxy) is 1. The van der Waals surface area contributed by atoms with Crippen molar-refractivity contribution >= 4 is 0 Å². The molecule has 1 atom stereocenters. The molecular weight excluding hydrogens is 166 g/mol. The minimum Gasteiger partial charge on any atom is -0.508 e. The maximum atomic E-state index is 9.02. The molecule has 0 saturated carbocycles. The summed E-state index contributed by atoms with van der Waals surface area (Å²) in [4.78, 5) is 0. The topological polar surface area (TPSA) is 55.5 Å². The minimum absolute atomic E-state index is 0.120. The molecule has 3 nitrogen and oxygen atoms in total. The standard InChI is InChI=1S/C10H15NO2/c1-8(6-7-11)13-10-4-2-9(12)3-5-10/h2-5,8,12H,6-7,11H2,1H3. The third-order valence-corrected chi connectivity index (χ3v) is 1.75. The molecule has 1 aromatic carbocycles. The third kappa shape index (κ3) is 3.34. The van der Waals surface area contributed by atoms with Crippen molar-refractivity contribution < 1.29 is 9.84 Å². The zero-order valence-corrected chi connectivity index (χ0v) is 7.73.